The Morgan fingerprint density at radius 1 is 1.06 bits per heavy atom. The number of likely N-dealkylation sites (tertiary alicyclic amines) is 1. The molecule has 1 fully saturated rings. The van der Waals surface area contributed by atoms with Crippen LogP contribution >= 0.6 is 11.3 Å². The SMILES string of the molecule is CN1CCC(Nc2cccc3c2cc(-c2nnc(CNC(=O)c4ccc5cnn(C(=O)OC(C)(C)C)c5c4)s2)n3C(F)C(F)F)CC1. The van der Waals surface area contributed by atoms with E-state index in [-0.39, 0.29) is 28.9 Å². The van der Waals surface area contributed by atoms with Gasteiger partial charge in [-0.05, 0) is 84.1 Å². The normalized spacial score (nSPS) is 15.4. The van der Waals surface area contributed by atoms with Crippen LogP contribution in [0.15, 0.2) is 48.7 Å². The number of piperidine rings is 1. The van der Waals surface area contributed by atoms with Gasteiger partial charge in [0, 0.05) is 28.1 Å². The number of hydrogen-bond donors (Lipinski definition) is 2. The predicted octanol–water partition coefficient (Wildman–Crippen LogP) is 6.46. The third-order valence-corrected chi connectivity index (χ3v) is 8.85. The van der Waals surface area contributed by atoms with E-state index < -0.39 is 30.3 Å². The number of carbonyl (C=O) groups excluding carboxylic acids is 2. The van der Waals surface area contributed by atoms with Crippen molar-refractivity contribution < 1.29 is 27.5 Å². The third kappa shape index (κ3) is 6.95. The smallest absolute Gasteiger partial charge is 0.435 e. The first-order valence-electron chi connectivity index (χ1n) is 15.2. The molecule has 3 aromatic heterocycles. The molecule has 1 atom stereocenters. The van der Waals surface area contributed by atoms with Gasteiger partial charge in [-0.25, -0.2) is 18.0 Å². The molecule has 2 N–H and O–H groups in total. The molecule has 4 heterocycles. The highest BCUT2D eigenvalue weighted by molar-refractivity contribution is 7.14. The lowest BCUT2D eigenvalue weighted by molar-refractivity contribution is 0.0115. The second-order valence-corrected chi connectivity index (χ2v) is 13.6. The molecule has 1 aliphatic rings. The van der Waals surface area contributed by atoms with Crippen molar-refractivity contribution in [1.29, 1.82) is 0 Å². The number of anilines is 1. The fraction of sp³-hybridized carbons (Fsp3) is 0.406. The van der Waals surface area contributed by atoms with E-state index in [9.17, 15) is 18.4 Å². The number of benzene rings is 2. The first kappa shape index (κ1) is 32.4. The number of amides is 1. The first-order chi connectivity index (χ1) is 22.4. The Hall–Kier alpha value is -4.50. The molecule has 1 unspecified atom stereocenters. The van der Waals surface area contributed by atoms with Crippen molar-refractivity contribution in [2.75, 3.05) is 25.5 Å². The average molecular weight is 669 g/mol. The zero-order valence-corrected chi connectivity index (χ0v) is 27.2. The van der Waals surface area contributed by atoms with Gasteiger partial charge in [0.25, 0.3) is 12.3 Å². The summed E-state index contributed by atoms with van der Waals surface area (Å²) in [6.07, 6.45) is -3.17. The minimum Gasteiger partial charge on any atom is -0.442 e. The van der Waals surface area contributed by atoms with Gasteiger partial charge < -0.3 is 24.8 Å². The van der Waals surface area contributed by atoms with Gasteiger partial charge >= 0.3 is 6.09 Å². The molecule has 0 spiro atoms. The lowest BCUT2D eigenvalue weighted by atomic mass is 10.0. The van der Waals surface area contributed by atoms with Crippen LogP contribution in [-0.4, -0.2) is 79.7 Å². The van der Waals surface area contributed by atoms with Gasteiger partial charge in [-0.15, -0.1) is 10.2 Å². The van der Waals surface area contributed by atoms with E-state index in [2.05, 4.69) is 37.9 Å². The number of hydrogen-bond acceptors (Lipinski definition) is 9. The summed E-state index contributed by atoms with van der Waals surface area (Å²) < 4.78 is 50.2. The van der Waals surface area contributed by atoms with Gasteiger partial charge in [0.1, 0.15) is 10.6 Å². The molecule has 2 aromatic carbocycles. The van der Waals surface area contributed by atoms with Crippen LogP contribution in [-0.2, 0) is 11.3 Å². The Balaban J connectivity index is 1.22. The first-order valence-corrected chi connectivity index (χ1v) is 16.0. The molecule has 1 aliphatic heterocycles. The number of ether oxygens (including phenoxy) is 1. The number of carbonyl (C=O) groups is 2. The van der Waals surface area contributed by atoms with Gasteiger partial charge in [0.05, 0.1) is 29.5 Å². The molecule has 0 aliphatic carbocycles. The summed E-state index contributed by atoms with van der Waals surface area (Å²) in [5.74, 6) is -0.444. The monoisotopic (exact) mass is 668 g/mol. The van der Waals surface area contributed by atoms with Crippen molar-refractivity contribution in [1.82, 2.24) is 34.8 Å². The molecule has 0 saturated carbocycles. The van der Waals surface area contributed by atoms with Crippen LogP contribution < -0.4 is 10.6 Å². The highest BCUT2D eigenvalue weighted by atomic mass is 32.1. The van der Waals surface area contributed by atoms with Gasteiger partial charge in [-0.2, -0.15) is 9.78 Å². The van der Waals surface area contributed by atoms with E-state index in [1.54, 1.807) is 51.1 Å². The van der Waals surface area contributed by atoms with Crippen molar-refractivity contribution in [3.05, 3.63) is 59.2 Å². The molecular formula is C32H35F3N8O3S. The number of halogens is 3. The summed E-state index contributed by atoms with van der Waals surface area (Å²) in [4.78, 5) is 27.9. The molecule has 1 saturated heterocycles. The van der Waals surface area contributed by atoms with E-state index in [0.717, 1.165) is 52.2 Å². The number of nitrogens with zero attached hydrogens (tertiary/aromatic N) is 6. The maximum atomic E-state index is 15.1. The van der Waals surface area contributed by atoms with E-state index >= 15 is 4.39 Å². The number of alkyl halides is 3. The van der Waals surface area contributed by atoms with Crippen molar-refractivity contribution in [3.8, 4) is 10.7 Å². The highest BCUT2D eigenvalue weighted by Gasteiger charge is 2.29. The zero-order chi connectivity index (χ0) is 33.5. The molecule has 248 valence electrons. The summed E-state index contributed by atoms with van der Waals surface area (Å²) in [5, 5.41) is 20.6. The van der Waals surface area contributed by atoms with Gasteiger partial charge in [0.2, 0.25) is 6.30 Å². The molecule has 15 heteroatoms. The van der Waals surface area contributed by atoms with Crippen LogP contribution in [0.25, 0.3) is 32.5 Å². The maximum Gasteiger partial charge on any atom is 0.435 e. The number of rotatable bonds is 8. The fourth-order valence-corrected chi connectivity index (χ4v) is 6.38. The Labute approximate surface area is 272 Å². The van der Waals surface area contributed by atoms with E-state index in [0.29, 0.717) is 26.8 Å². The summed E-state index contributed by atoms with van der Waals surface area (Å²) in [6, 6.07) is 11.9. The molecule has 0 radical (unpaired) electrons. The van der Waals surface area contributed by atoms with Crippen LogP contribution in [0, 0.1) is 0 Å². The number of nitrogens with one attached hydrogen (secondary N) is 2. The topological polar surface area (TPSA) is 119 Å². The van der Waals surface area contributed by atoms with Crippen molar-refractivity contribution in [3.63, 3.8) is 0 Å². The summed E-state index contributed by atoms with van der Waals surface area (Å²) in [5.41, 5.74) is 1.17. The highest BCUT2D eigenvalue weighted by Crippen LogP contribution is 2.38. The molecular weight excluding hydrogens is 633 g/mol. The summed E-state index contributed by atoms with van der Waals surface area (Å²) >= 11 is 1.07. The van der Waals surface area contributed by atoms with Crippen LogP contribution in [0.1, 0.15) is 55.3 Å². The molecule has 6 rings (SSSR count). The molecule has 47 heavy (non-hydrogen) atoms. The van der Waals surface area contributed by atoms with Crippen LogP contribution in [0.3, 0.4) is 0 Å². The molecule has 5 aromatic rings. The van der Waals surface area contributed by atoms with Crippen molar-refractivity contribution in [2.45, 2.75) is 64.5 Å². The number of fused-ring (bicyclic) bond motifs is 2. The Morgan fingerprint density at radius 3 is 2.55 bits per heavy atom. The van der Waals surface area contributed by atoms with Crippen LogP contribution in [0.2, 0.25) is 0 Å². The zero-order valence-electron chi connectivity index (χ0n) is 26.3. The average Bonchev–Trinajstić information content (AvgIpc) is 3.76. The Bertz CT molecular complexity index is 1920. The standard InChI is InChI=1S/C32H35F3N8O3S/c1-32(2,3)46-31(45)43-24-14-18(8-9-19(24)16-37-43)29(44)36-17-26-39-40-30(47-26)25-15-21-22(38-20-10-12-41(4)13-11-20)6-5-7-23(21)42(25)28(35)27(33)34/h5-9,14-16,20,27-28,38H,10-13,17H2,1-4H3,(H,36,44). The molecule has 1 amide bonds. The van der Waals surface area contributed by atoms with Gasteiger partial charge in [-0.3, -0.25) is 4.79 Å². The summed E-state index contributed by atoms with van der Waals surface area (Å²) in [7, 11) is 2.07. The minimum atomic E-state index is -3.26. The van der Waals surface area contributed by atoms with Gasteiger partial charge in [-0.1, -0.05) is 23.5 Å². The van der Waals surface area contributed by atoms with Crippen molar-refractivity contribution >= 4 is 50.8 Å². The lowest BCUT2D eigenvalue weighted by Crippen LogP contribution is -2.36. The van der Waals surface area contributed by atoms with Crippen molar-refractivity contribution in [2.24, 2.45) is 0 Å². The predicted molar refractivity (Wildman–Crippen MR) is 174 cm³/mol. The van der Waals surface area contributed by atoms with Crippen LogP contribution in [0.5, 0.6) is 0 Å². The molecule has 11 nitrogen and oxygen atoms in total. The largest absolute Gasteiger partial charge is 0.442 e. The van der Waals surface area contributed by atoms with E-state index in [1.807, 2.05) is 6.07 Å². The second kappa shape index (κ2) is 13.0. The minimum absolute atomic E-state index is 0.0169. The van der Waals surface area contributed by atoms with E-state index in [1.165, 1.54) is 12.3 Å². The fourth-order valence-electron chi connectivity index (χ4n) is 5.59. The quantitative estimate of drug-likeness (QED) is 0.193. The maximum absolute atomic E-state index is 15.1. The Kier molecular flexibility index (Phi) is 8.94. The second-order valence-electron chi connectivity index (χ2n) is 12.6. The lowest BCUT2D eigenvalue weighted by Gasteiger charge is -2.30. The molecule has 0 bridgehead atoms. The van der Waals surface area contributed by atoms with Gasteiger partial charge in [0.15, 0.2) is 5.01 Å². The summed E-state index contributed by atoms with van der Waals surface area (Å²) in [6.45, 7) is 7.09. The number of aromatic nitrogens is 5. The van der Waals surface area contributed by atoms with Crippen LogP contribution in [0.4, 0.5) is 23.7 Å². The van der Waals surface area contributed by atoms with E-state index in [4.69, 9.17) is 4.74 Å². The third-order valence-electron chi connectivity index (χ3n) is 7.90. The Morgan fingerprint density at radius 2 is 1.83 bits per heavy atom.